The first kappa shape index (κ1) is 12.7. The van der Waals surface area contributed by atoms with Crippen molar-refractivity contribution in [1.82, 2.24) is 20.4 Å². The molecule has 3 rings (SSSR count). The van der Waals surface area contributed by atoms with Crippen molar-refractivity contribution in [1.29, 1.82) is 0 Å². The fourth-order valence-electron chi connectivity index (χ4n) is 2.36. The van der Waals surface area contributed by atoms with Gasteiger partial charge in [-0.3, -0.25) is 9.67 Å². The second kappa shape index (κ2) is 5.36. The van der Waals surface area contributed by atoms with Crippen LogP contribution in [0.15, 0.2) is 41.7 Å². The maximum absolute atomic E-state index is 4.42. The topological polar surface area (TPSA) is 54.2 Å². The molecule has 20 heavy (non-hydrogen) atoms. The molecule has 0 saturated carbocycles. The number of aryl methyl sites for hydroxylation is 1. The summed E-state index contributed by atoms with van der Waals surface area (Å²) in [6.45, 7) is 3.72. The summed E-state index contributed by atoms with van der Waals surface area (Å²) in [5, 5.41) is 10.9. The minimum absolute atomic E-state index is 0.422. The van der Waals surface area contributed by atoms with E-state index in [1.807, 2.05) is 24.1 Å². The normalized spacial score (nSPS) is 17.7. The summed E-state index contributed by atoms with van der Waals surface area (Å²) in [7, 11) is 1.93. The van der Waals surface area contributed by atoms with E-state index in [-0.39, 0.29) is 0 Å². The minimum Gasteiger partial charge on any atom is -0.352 e. The molecule has 1 aromatic carbocycles. The van der Waals surface area contributed by atoms with Crippen LogP contribution in [-0.4, -0.2) is 28.3 Å². The minimum atomic E-state index is 0.422. The Morgan fingerprint density at radius 3 is 2.95 bits per heavy atom. The molecule has 104 valence electrons. The second-order valence-electron chi connectivity index (χ2n) is 5.15. The Balaban J connectivity index is 1.76. The molecule has 0 radical (unpaired) electrons. The van der Waals surface area contributed by atoms with Crippen molar-refractivity contribution < 1.29 is 0 Å². The van der Waals surface area contributed by atoms with Gasteiger partial charge in [0.1, 0.15) is 0 Å². The number of guanidine groups is 1. The van der Waals surface area contributed by atoms with Gasteiger partial charge >= 0.3 is 0 Å². The van der Waals surface area contributed by atoms with Crippen LogP contribution in [0, 0.1) is 0 Å². The van der Waals surface area contributed by atoms with Crippen molar-refractivity contribution >= 4 is 5.96 Å². The third-order valence-corrected chi connectivity index (χ3v) is 3.39. The molecule has 2 heterocycles. The number of hydrogen-bond donors (Lipinski definition) is 2. The second-order valence-corrected chi connectivity index (χ2v) is 5.15. The van der Waals surface area contributed by atoms with Crippen LogP contribution < -0.4 is 10.6 Å². The van der Waals surface area contributed by atoms with Crippen molar-refractivity contribution in [2.24, 2.45) is 12.0 Å². The van der Waals surface area contributed by atoms with Gasteiger partial charge in [0.05, 0.1) is 12.7 Å². The lowest BCUT2D eigenvalue weighted by molar-refractivity contribution is 0.713. The highest BCUT2D eigenvalue weighted by molar-refractivity contribution is 5.82. The molecule has 0 amide bonds. The molecular weight excluding hydrogens is 250 g/mol. The molecule has 1 aliphatic rings. The quantitative estimate of drug-likeness (QED) is 0.888. The largest absolute Gasteiger partial charge is 0.352 e. The maximum Gasteiger partial charge on any atom is 0.191 e. The Labute approximate surface area is 118 Å². The lowest BCUT2D eigenvalue weighted by Gasteiger charge is -2.11. The number of aromatic nitrogens is 2. The van der Waals surface area contributed by atoms with Crippen LogP contribution in [0.3, 0.4) is 0 Å². The summed E-state index contributed by atoms with van der Waals surface area (Å²) in [4.78, 5) is 4.42. The fourth-order valence-corrected chi connectivity index (χ4v) is 2.36. The van der Waals surface area contributed by atoms with Gasteiger partial charge in [0.25, 0.3) is 0 Å². The molecule has 0 aliphatic carbocycles. The average Bonchev–Trinajstić information content (AvgIpc) is 3.06. The summed E-state index contributed by atoms with van der Waals surface area (Å²) in [5.74, 6) is 0.887. The van der Waals surface area contributed by atoms with Crippen LogP contribution in [0.4, 0.5) is 0 Å². The summed E-state index contributed by atoms with van der Waals surface area (Å²) in [6.07, 6.45) is 3.93. The molecule has 2 aromatic rings. The summed E-state index contributed by atoms with van der Waals surface area (Å²) in [5.41, 5.74) is 3.59. The first-order valence-corrected chi connectivity index (χ1v) is 6.84. The summed E-state index contributed by atoms with van der Waals surface area (Å²) >= 11 is 0. The van der Waals surface area contributed by atoms with Crippen molar-refractivity contribution in [3.8, 4) is 11.1 Å². The predicted octanol–water partition coefficient (Wildman–Crippen LogP) is 1.52. The Bertz CT molecular complexity index is 629. The van der Waals surface area contributed by atoms with Gasteiger partial charge in [-0.25, -0.2) is 0 Å². The molecule has 1 aromatic heterocycles. The Morgan fingerprint density at radius 1 is 1.40 bits per heavy atom. The van der Waals surface area contributed by atoms with Gasteiger partial charge in [0.15, 0.2) is 5.96 Å². The van der Waals surface area contributed by atoms with E-state index in [9.17, 15) is 0 Å². The Morgan fingerprint density at radius 2 is 2.25 bits per heavy atom. The molecule has 0 bridgehead atoms. The van der Waals surface area contributed by atoms with Gasteiger partial charge in [-0.05, 0) is 18.1 Å². The van der Waals surface area contributed by atoms with Crippen LogP contribution in [0.25, 0.3) is 11.1 Å². The van der Waals surface area contributed by atoms with Gasteiger partial charge in [-0.15, -0.1) is 0 Å². The number of nitrogens with zero attached hydrogens (tertiary/aromatic N) is 3. The highest BCUT2D eigenvalue weighted by atomic mass is 15.2. The molecule has 0 saturated heterocycles. The molecule has 0 spiro atoms. The highest BCUT2D eigenvalue weighted by Crippen LogP contribution is 2.22. The summed E-state index contributed by atoms with van der Waals surface area (Å²) < 4.78 is 1.82. The first-order valence-electron chi connectivity index (χ1n) is 6.84. The van der Waals surface area contributed by atoms with E-state index in [1.54, 1.807) is 0 Å². The first-order chi connectivity index (χ1) is 9.72. The Hall–Kier alpha value is -2.30. The van der Waals surface area contributed by atoms with Crippen LogP contribution in [0.2, 0.25) is 0 Å². The number of benzene rings is 1. The molecule has 0 fully saturated rings. The predicted molar refractivity (Wildman–Crippen MR) is 80.4 cm³/mol. The monoisotopic (exact) mass is 269 g/mol. The number of rotatable bonds is 3. The van der Waals surface area contributed by atoms with Gasteiger partial charge in [0.2, 0.25) is 0 Å². The Kier molecular flexibility index (Phi) is 3.41. The van der Waals surface area contributed by atoms with Crippen molar-refractivity contribution in [3.05, 3.63) is 42.2 Å². The number of nitrogens with one attached hydrogen (secondary N) is 2. The maximum atomic E-state index is 4.42. The van der Waals surface area contributed by atoms with E-state index in [2.05, 4.69) is 51.9 Å². The molecule has 1 unspecified atom stereocenters. The van der Waals surface area contributed by atoms with Gasteiger partial charge in [0, 0.05) is 31.4 Å². The van der Waals surface area contributed by atoms with E-state index in [4.69, 9.17) is 0 Å². The zero-order valence-corrected chi connectivity index (χ0v) is 11.8. The molecule has 1 atom stereocenters. The van der Waals surface area contributed by atoms with E-state index < -0.39 is 0 Å². The van der Waals surface area contributed by atoms with E-state index in [0.29, 0.717) is 6.04 Å². The average molecular weight is 269 g/mol. The standard InChI is InChI=1S/C15H19N5/c1-11-7-16-15(19-11)17-8-12-5-3-4-6-14(12)13-9-18-20(2)10-13/h3-6,9-11H,7-8H2,1-2H3,(H2,16,17,19). The van der Waals surface area contributed by atoms with Crippen LogP contribution in [0.1, 0.15) is 12.5 Å². The van der Waals surface area contributed by atoms with Crippen LogP contribution in [0.5, 0.6) is 0 Å². The lowest BCUT2D eigenvalue weighted by atomic mass is 10.0. The van der Waals surface area contributed by atoms with Gasteiger partial charge < -0.3 is 10.6 Å². The number of hydrogen-bond acceptors (Lipinski definition) is 4. The third-order valence-electron chi connectivity index (χ3n) is 3.39. The van der Waals surface area contributed by atoms with Crippen molar-refractivity contribution in [3.63, 3.8) is 0 Å². The summed E-state index contributed by atoms with van der Waals surface area (Å²) in [6, 6.07) is 8.79. The smallest absolute Gasteiger partial charge is 0.191 e. The van der Waals surface area contributed by atoms with Crippen LogP contribution >= 0.6 is 0 Å². The molecule has 2 N–H and O–H groups in total. The molecule has 5 nitrogen and oxygen atoms in total. The fraction of sp³-hybridized carbons (Fsp3) is 0.333. The lowest BCUT2D eigenvalue weighted by Crippen LogP contribution is -2.37. The van der Waals surface area contributed by atoms with E-state index >= 15 is 0 Å². The third kappa shape index (κ3) is 2.66. The zero-order valence-electron chi connectivity index (χ0n) is 11.8. The SMILES string of the molecule is CC1CN=C(NCc2ccccc2-c2cnn(C)c2)N1. The highest BCUT2D eigenvalue weighted by Gasteiger charge is 2.12. The van der Waals surface area contributed by atoms with Gasteiger partial charge in [-0.1, -0.05) is 24.3 Å². The van der Waals surface area contributed by atoms with Gasteiger partial charge in [-0.2, -0.15) is 5.10 Å². The van der Waals surface area contributed by atoms with Crippen molar-refractivity contribution in [2.75, 3.05) is 6.54 Å². The zero-order chi connectivity index (χ0) is 13.9. The molecule has 1 aliphatic heterocycles. The van der Waals surface area contributed by atoms with E-state index in [0.717, 1.165) is 24.6 Å². The van der Waals surface area contributed by atoms with Crippen molar-refractivity contribution in [2.45, 2.75) is 19.5 Å². The van der Waals surface area contributed by atoms with E-state index in [1.165, 1.54) is 11.1 Å². The molecular formula is C15H19N5. The number of aliphatic imine (C=N–C) groups is 1. The van der Waals surface area contributed by atoms with Crippen LogP contribution in [-0.2, 0) is 13.6 Å². The molecule has 5 heteroatoms.